The molecule has 0 aliphatic heterocycles. The van der Waals surface area contributed by atoms with Crippen LogP contribution in [-0.4, -0.2) is 23.0 Å². The van der Waals surface area contributed by atoms with E-state index < -0.39 is 0 Å². The molecular weight excluding hydrogens is 573 g/mol. The molecule has 0 amide bonds. The van der Waals surface area contributed by atoms with E-state index in [0.717, 1.165) is 34.5 Å². The monoisotopic (exact) mass is 612 g/mol. The molecule has 0 aromatic heterocycles. The summed E-state index contributed by atoms with van der Waals surface area (Å²) in [6, 6.07) is 35.8. The van der Waals surface area contributed by atoms with Gasteiger partial charge in [-0.25, -0.2) is 0 Å². The summed E-state index contributed by atoms with van der Waals surface area (Å²) in [4.78, 5) is 2.69. The van der Waals surface area contributed by atoms with Crippen LogP contribution in [0.2, 0.25) is 0 Å². The van der Waals surface area contributed by atoms with E-state index in [-0.39, 0.29) is 5.41 Å². The summed E-state index contributed by atoms with van der Waals surface area (Å²) in [6.07, 6.45) is 3.79. The van der Waals surface area contributed by atoms with Gasteiger partial charge in [-0.3, -0.25) is 0 Å². The summed E-state index contributed by atoms with van der Waals surface area (Å²) in [5.41, 5.74) is 7.81. The number of hydrogen-bond acceptors (Lipinski definition) is 4. The van der Waals surface area contributed by atoms with Gasteiger partial charge >= 0.3 is 0 Å². The molecular formula is C37H40S4. The summed E-state index contributed by atoms with van der Waals surface area (Å²) < 4.78 is 0. The molecule has 0 saturated carbocycles. The molecule has 212 valence electrons. The number of benzene rings is 4. The van der Waals surface area contributed by atoms with Crippen LogP contribution in [0.4, 0.5) is 0 Å². The molecule has 0 radical (unpaired) electrons. The first-order chi connectivity index (χ1) is 20.0. The minimum Gasteiger partial charge on any atom is -0.156 e. The predicted molar refractivity (Wildman–Crippen MR) is 192 cm³/mol. The number of hydrogen-bond donors (Lipinski definition) is 0. The highest BCUT2D eigenvalue weighted by molar-refractivity contribution is 8.03. The van der Waals surface area contributed by atoms with Gasteiger partial charge in [-0.15, -0.1) is 23.5 Å². The maximum absolute atomic E-state index is 3.83. The lowest BCUT2D eigenvalue weighted by atomic mass is 9.78. The third-order valence-electron chi connectivity index (χ3n) is 7.11. The summed E-state index contributed by atoms with van der Waals surface area (Å²) in [7, 11) is 0. The van der Waals surface area contributed by atoms with Crippen LogP contribution in [0.25, 0.3) is 12.2 Å². The lowest BCUT2D eigenvalue weighted by Gasteiger charge is -2.26. The quantitative estimate of drug-likeness (QED) is 0.0911. The third kappa shape index (κ3) is 9.92. The zero-order chi connectivity index (χ0) is 28.9. The Morgan fingerprint density at radius 3 is 1.22 bits per heavy atom. The molecule has 0 fully saturated rings. The van der Waals surface area contributed by atoms with Crippen molar-refractivity contribution >= 4 is 59.2 Å². The Hall–Kier alpha value is -2.24. The Morgan fingerprint density at radius 1 is 0.512 bits per heavy atom. The summed E-state index contributed by atoms with van der Waals surface area (Å²) in [6.45, 7) is 12.3. The lowest BCUT2D eigenvalue weighted by molar-refractivity contribution is 0.639. The van der Waals surface area contributed by atoms with Gasteiger partial charge in [-0.1, -0.05) is 112 Å². The highest BCUT2D eigenvalue weighted by Crippen LogP contribution is 2.34. The average molecular weight is 613 g/mol. The van der Waals surface area contributed by atoms with Crippen molar-refractivity contribution in [2.45, 2.75) is 40.6 Å². The maximum atomic E-state index is 3.83. The molecule has 4 aromatic carbocycles. The molecule has 0 spiro atoms. The summed E-state index contributed by atoms with van der Waals surface area (Å²) in [5, 5.41) is 0. The average Bonchev–Trinajstić information content (AvgIpc) is 3.02. The first-order valence-electron chi connectivity index (χ1n) is 14.0. The van der Waals surface area contributed by atoms with Crippen LogP contribution in [0, 0.1) is 0 Å². The predicted octanol–water partition coefficient (Wildman–Crippen LogP) is 11.3. The van der Waals surface area contributed by atoms with Crippen LogP contribution in [0.3, 0.4) is 0 Å². The third-order valence-corrected chi connectivity index (χ3v) is 11.7. The number of rotatable bonds is 16. The van der Waals surface area contributed by atoms with Crippen LogP contribution in [-0.2, 0) is 16.9 Å². The normalized spacial score (nSPS) is 11.4. The standard InChI is InChI=1S/C37H40S4/c1-5-29-7-11-31(12-8-29)27-38-23-25-40-35-19-15-33(16-20-35)37(3,4)34-17-21-36(22-18-34)41-26-24-39-28-32-13-9-30(6-2)10-14-32/h5-22H,1-2,23-28H2,3-4H3. The van der Waals surface area contributed by atoms with E-state index in [9.17, 15) is 0 Å². The van der Waals surface area contributed by atoms with E-state index in [4.69, 9.17) is 0 Å². The smallest absolute Gasteiger partial charge is 0.0184 e. The van der Waals surface area contributed by atoms with Crippen molar-refractivity contribution in [1.82, 2.24) is 0 Å². The Labute approximate surface area is 264 Å². The highest BCUT2D eigenvalue weighted by Gasteiger charge is 2.23. The molecule has 0 aliphatic carbocycles. The van der Waals surface area contributed by atoms with Gasteiger partial charge in [0.1, 0.15) is 0 Å². The molecule has 41 heavy (non-hydrogen) atoms. The van der Waals surface area contributed by atoms with Gasteiger partial charge < -0.3 is 0 Å². The van der Waals surface area contributed by atoms with Gasteiger partial charge in [0.25, 0.3) is 0 Å². The highest BCUT2D eigenvalue weighted by atomic mass is 32.2. The van der Waals surface area contributed by atoms with Crippen molar-refractivity contribution in [3.8, 4) is 0 Å². The summed E-state index contributed by atoms with van der Waals surface area (Å²) >= 11 is 7.89. The first kappa shape index (κ1) is 31.7. The van der Waals surface area contributed by atoms with Crippen molar-refractivity contribution in [2.24, 2.45) is 0 Å². The topological polar surface area (TPSA) is 0 Å². The van der Waals surface area contributed by atoms with E-state index in [1.54, 1.807) is 0 Å². The van der Waals surface area contributed by atoms with Crippen molar-refractivity contribution in [2.75, 3.05) is 23.0 Å². The van der Waals surface area contributed by atoms with Crippen LogP contribution in [0.15, 0.2) is 120 Å². The van der Waals surface area contributed by atoms with E-state index in [2.05, 4.69) is 124 Å². The molecule has 0 bridgehead atoms. The lowest BCUT2D eigenvalue weighted by Crippen LogP contribution is -2.18. The summed E-state index contributed by atoms with van der Waals surface area (Å²) in [5.74, 6) is 6.67. The fourth-order valence-corrected chi connectivity index (χ4v) is 8.30. The first-order valence-corrected chi connectivity index (χ1v) is 18.3. The second kappa shape index (κ2) is 16.4. The minimum absolute atomic E-state index is 0.0274. The zero-order valence-corrected chi connectivity index (χ0v) is 27.4. The van der Waals surface area contributed by atoms with Gasteiger partial charge in [-0.2, -0.15) is 23.5 Å². The van der Waals surface area contributed by atoms with E-state index in [1.807, 2.05) is 59.2 Å². The molecule has 0 aliphatic rings. The van der Waals surface area contributed by atoms with Crippen molar-refractivity contribution in [3.05, 3.63) is 144 Å². The SMILES string of the molecule is C=Cc1ccc(CSCCSc2ccc(C(C)(C)c3ccc(SCCSCc4ccc(C=C)cc4)cc3)cc2)cc1. The Kier molecular flexibility index (Phi) is 12.7. The molecule has 0 N–H and O–H groups in total. The molecule has 4 aromatic rings. The maximum Gasteiger partial charge on any atom is 0.0184 e. The molecule has 0 saturated heterocycles. The van der Waals surface area contributed by atoms with Crippen molar-refractivity contribution in [1.29, 1.82) is 0 Å². The molecule has 4 rings (SSSR count). The van der Waals surface area contributed by atoms with Gasteiger partial charge in [0, 0.05) is 49.7 Å². The fraction of sp³-hybridized carbons (Fsp3) is 0.243. The molecule has 0 heterocycles. The van der Waals surface area contributed by atoms with Crippen molar-refractivity contribution < 1.29 is 0 Å². The second-order valence-corrected chi connectivity index (χ2v) is 14.9. The van der Waals surface area contributed by atoms with Crippen molar-refractivity contribution in [3.63, 3.8) is 0 Å². The van der Waals surface area contributed by atoms with Crippen LogP contribution in [0.5, 0.6) is 0 Å². The Morgan fingerprint density at radius 2 is 0.878 bits per heavy atom. The van der Waals surface area contributed by atoms with E-state index in [1.165, 1.54) is 43.2 Å². The largest absolute Gasteiger partial charge is 0.156 e. The number of thioether (sulfide) groups is 4. The van der Waals surface area contributed by atoms with Gasteiger partial charge in [0.15, 0.2) is 0 Å². The zero-order valence-electron chi connectivity index (χ0n) is 24.2. The van der Waals surface area contributed by atoms with Gasteiger partial charge in [-0.05, 0) is 57.6 Å². The Bertz CT molecular complexity index is 1250. The van der Waals surface area contributed by atoms with Gasteiger partial charge in [0.2, 0.25) is 0 Å². The van der Waals surface area contributed by atoms with Crippen LogP contribution < -0.4 is 0 Å². The van der Waals surface area contributed by atoms with E-state index in [0.29, 0.717) is 0 Å². The van der Waals surface area contributed by atoms with E-state index >= 15 is 0 Å². The van der Waals surface area contributed by atoms with Crippen LogP contribution >= 0.6 is 47.0 Å². The molecule has 0 nitrogen and oxygen atoms in total. The van der Waals surface area contributed by atoms with Crippen LogP contribution in [0.1, 0.15) is 47.2 Å². The Balaban J connectivity index is 1.17. The molecule has 4 heteroatoms. The van der Waals surface area contributed by atoms with Gasteiger partial charge in [0.05, 0.1) is 0 Å². The second-order valence-electron chi connectivity index (χ2n) is 10.4. The fourth-order valence-electron chi connectivity index (χ4n) is 4.42. The minimum atomic E-state index is -0.0274. The molecule has 0 atom stereocenters. The molecule has 0 unspecified atom stereocenters.